The van der Waals surface area contributed by atoms with Crippen molar-refractivity contribution in [1.82, 2.24) is 5.32 Å². The van der Waals surface area contributed by atoms with Gasteiger partial charge in [-0.2, -0.15) is 0 Å². The molecule has 0 aromatic rings. The number of nitrogens with one attached hydrogen (secondary N) is 1. The molecule has 1 atom stereocenters. The van der Waals surface area contributed by atoms with E-state index in [1.807, 2.05) is 32.9 Å². The van der Waals surface area contributed by atoms with Crippen molar-refractivity contribution in [1.29, 1.82) is 0 Å². The third-order valence-electron chi connectivity index (χ3n) is 3.05. The quantitative estimate of drug-likeness (QED) is 0.825. The zero-order chi connectivity index (χ0) is 14.0. The highest BCUT2D eigenvalue weighted by Crippen LogP contribution is 2.26. The molecule has 0 bridgehead atoms. The minimum absolute atomic E-state index is 0.0943. The highest BCUT2D eigenvalue weighted by Gasteiger charge is 2.23. The topological polar surface area (TPSA) is 58.5 Å². The SMILES string of the molecule is CC1=CC(=O)NC2=CC(=NC(=O)CC(C)C)C=CC12. The molecule has 4 heteroatoms. The molecule has 1 unspecified atom stereocenters. The first kappa shape index (κ1) is 13.5. The lowest BCUT2D eigenvalue weighted by molar-refractivity contribution is -0.118. The van der Waals surface area contributed by atoms with Crippen LogP contribution >= 0.6 is 0 Å². The highest BCUT2D eigenvalue weighted by molar-refractivity contribution is 6.11. The minimum atomic E-state index is -0.126. The van der Waals surface area contributed by atoms with Crippen molar-refractivity contribution in [3.8, 4) is 0 Å². The summed E-state index contributed by atoms with van der Waals surface area (Å²) in [5, 5.41) is 2.80. The van der Waals surface area contributed by atoms with Crippen LogP contribution < -0.4 is 5.32 Å². The van der Waals surface area contributed by atoms with Crippen LogP contribution in [-0.2, 0) is 9.59 Å². The summed E-state index contributed by atoms with van der Waals surface area (Å²) >= 11 is 0. The molecule has 4 nitrogen and oxygen atoms in total. The summed E-state index contributed by atoms with van der Waals surface area (Å²) in [5.41, 5.74) is 2.40. The third kappa shape index (κ3) is 3.28. The number of fused-ring (bicyclic) bond motifs is 1. The van der Waals surface area contributed by atoms with Crippen LogP contribution in [0.25, 0.3) is 0 Å². The van der Waals surface area contributed by atoms with E-state index in [0.29, 0.717) is 18.1 Å². The van der Waals surface area contributed by atoms with Crippen LogP contribution in [0.3, 0.4) is 0 Å². The molecular weight excluding hydrogens is 240 g/mol. The normalized spacial score (nSPS) is 23.9. The van der Waals surface area contributed by atoms with Gasteiger partial charge < -0.3 is 5.32 Å². The molecule has 0 saturated heterocycles. The second-order valence-electron chi connectivity index (χ2n) is 5.34. The van der Waals surface area contributed by atoms with Gasteiger partial charge in [-0.1, -0.05) is 25.5 Å². The average Bonchev–Trinajstić information content (AvgIpc) is 2.26. The molecule has 1 N–H and O–H groups in total. The summed E-state index contributed by atoms with van der Waals surface area (Å²) in [6.07, 6.45) is 7.61. The predicted octanol–water partition coefficient (Wildman–Crippen LogP) is 2.15. The van der Waals surface area contributed by atoms with Gasteiger partial charge in [0.15, 0.2) is 0 Å². The standard InChI is InChI=1S/C15H18N2O2/c1-9(2)6-14(18)16-11-4-5-12-10(3)7-15(19)17-13(12)8-11/h4-5,7-9,12H,6H2,1-3H3,(H,17,19). The van der Waals surface area contributed by atoms with Crippen LogP contribution in [0, 0.1) is 11.8 Å². The maximum atomic E-state index is 11.7. The molecule has 2 amide bonds. The zero-order valence-electron chi connectivity index (χ0n) is 11.4. The summed E-state index contributed by atoms with van der Waals surface area (Å²) in [5.74, 6) is 0.142. The van der Waals surface area contributed by atoms with Crippen molar-refractivity contribution in [2.75, 3.05) is 0 Å². The lowest BCUT2D eigenvalue weighted by atomic mass is 9.89. The van der Waals surface area contributed by atoms with Crippen LogP contribution in [0.4, 0.5) is 0 Å². The Labute approximate surface area is 113 Å². The molecule has 0 saturated carbocycles. The van der Waals surface area contributed by atoms with Crippen LogP contribution in [-0.4, -0.2) is 17.5 Å². The number of rotatable bonds is 2. The summed E-state index contributed by atoms with van der Waals surface area (Å²) in [7, 11) is 0. The summed E-state index contributed by atoms with van der Waals surface area (Å²) in [4.78, 5) is 27.2. The summed E-state index contributed by atoms with van der Waals surface area (Å²) < 4.78 is 0. The third-order valence-corrected chi connectivity index (χ3v) is 3.05. The first-order valence-corrected chi connectivity index (χ1v) is 6.46. The van der Waals surface area contributed by atoms with Gasteiger partial charge in [-0.25, -0.2) is 4.99 Å². The lowest BCUT2D eigenvalue weighted by Gasteiger charge is -2.25. The molecule has 1 aliphatic carbocycles. The Morgan fingerprint density at radius 3 is 2.84 bits per heavy atom. The fourth-order valence-corrected chi connectivity index (χ4v) is 2.19. The predicted molar refractivity (Wildman–Crippen MR) is 74.5 cm³/mol. The molecule has 100 valence electrons. The number of amides is 2. The maximum absolute atomic E-state index is 11.7. The van der Waals surface area contributed by atoms with Gasteiger partial charge in [0.1, 0.15) is 0 Å². The van der Waals surface area contributed by atoms with Gasteiger partial charge in [-0.15, -0.1) is 0 Å². The molecule has 19 heavy (non-hydrogen) atoms. The summed E-state index contributed by atoms with van der Waals surface area (Å²) in [6.45, 7) is 5.89. The molecule has 2 aliphatic rings. The van der Waals surface area contributed by atoms with E-state index in [-0.39, 0.29) is 17.7 Å². The van der Waals surface area contributed by atoms with Crippen LogP contribution in [0.2, 0.25) is 0 Å². The zero-order valence-corrected chi connectivity index (χ0v) is 11.4. The molecule has 1 aliphatic heterocycles. The summed E-state index contributed by atoms with van der Waals surface area (Å²) in [6, 6.07) is 0. The van der Waals surface area contributed by atoms with E-state index in [9.17, 15) is 9.59 Å². The van der Waals surface area contributed by atoms with E-state index in [1.165, 1.54) is 0 Å². The van der Waals surface area contributed by atoms with Crippen LogP contribution in [0.1, 0.15) is 27.2 Å². The number of carbonyl (C=O) groups excluding carboxylic acids is 2. The Morgan fingerprint density at radius 1 is 1.42 bits per heavy atom. The van der Waals surface area contributed by atoms with E-state index in [4.69, 9.17) is 0 Å². The van der Waals surface area contributed by atoms with Gasteiger partial charge >= 0.3 is 0 Å². The number of hydrogen-bond acceptors (Lipinski definition) is 2. The Balaban J connectivity index is 2.19. The first-order chi connectivity index (χ1) is 8.95. The lowest BCUT2D eigenvalue weighted by Crippen LogP contribution is -2.32. The Kier molecular flexibility index (Phi) is 3.79. The fourth-order valence-electron chi connectivity index (χ4n) is 2.19. The second kappa shape index (κ2) is 5.34. The Bertz CT molecular complexity index is 536. The number of carbonyl (C=O) groups is 2. The van der Waals surface area contributed by atoms with Crippen molar-refractivity contribution in [3.05, 3.63) is 35.6 Å². The van der Waals surface area contributed by atoms with Gasteiger partial charge in [0, 0.05) is 24.1 Å². The molecule has 0 radical (unpaired) electrons. The second-order valence-corrected chi connectivity index (χ2v) is 5.34. The molecule has 1 heterocycles. The largest absolute Gasteiger partial charge is 0.325 e. The fraction of sp³-hybridized carbons (Fsp3) is 0.400. The van der Waals surface area contributed by atoms with E-state index in [2.05, 4.69) is 10.3 Å². The van der Waals surface area contributed by atoms with Crippen molar-refractivity contribution < 1.29 is 9.59 Å². The van der Waals surface area contributed by atoms with Gasteiger partial charge in [0.2, 0.25) is 11.8 Å². The van der Waals surface area contributed by atoms with E-state index < -0.39 is 0 Å². The first-order valence-electron chi connectivity index (χ1n) is 6.46. The molecule has 2 rings (SSSR count). The monoisotopic (exact) mass is 258 g/mol. The van der Waals surface area contributed by atoms with Gasteiger partial charge in [0.05, 0.1) is 5.71 Å². The van der Waals surface area contributed by atoms with E-state index in [1.54, 1.807) is 12.2 Å². The van der Waals surface area contributed by atoms with E-state index >= 15 is 0 Å². The number of hydrogen-bond donors (Lipinski definition) is 1. The number of allylic oxidation sites excluding steroid dienone is 3. The van der Waals surface area contributed by atoms with E-state index in [0.717, 1.165) is 11.3 Å². The van der Waals surface area contributed by atoms with Crippen LogP contribution in [0.15, 0.2) is 40.6 Å². The van der Waals surface area contributed by atoms with Crippen molar-refractivity contribution in [3.63, 3.8) is 0 Å². The van der Waals surface area contributed by atoms with Crippen LogP contribution in [0.5, 0.6) is 0 Å². The molecule has 0 spiro atoms. The maximum Gasteiger partial charge on any atom is 0.248 e. The number of nitrogens with zero attached hydrogens (tertiary/aromatic N) is 1. The van der Waals surface area contributed by atoms with Crippen molar-refractivity contribution >= 4 is 17.5 Å². The smallest absolute Gasteiger partial charge is 0.248 e. The van der Waals surface area contributed by atoms with Crippen molar-refractivity contribution in [2.45, 2.75) is 27.2 Å². The van der Waals surface area contributed by atoms with Crippen molar-refractivity contribution in [2.24, 2.45) is 16.8 Å². The molecule has 0 fully saturated rings. The van der Waals surface area contributed by atoms with Gasteiger partial charge in [0.25, 0.3) is 0 Å². The highest BCUT2D eigenvalue weighted by atomic mass is 16.2. The number of aliphatic imine (C=N–C) groups is 1. The Morgan fingerprint density at radius 2 is 2.16 bits per heavy atom. The minimum Gasteiger partial charge on any atom is -0.325 e. The van der Waals surface area contributed by atoms with Gasteiger partial charge in [-0.05, 0) is 25.0 Å². The molecule has 0 aromatic carbocycles. The molecule has 0 aromatic heterocycles. The molecular formula is C15H18N2O2. The van der Waals surface area contributed by atoms with Gasteiger partial charge in [-0.3, -0.25) is 9.59 Å². The Hall–Kier alpha value is -1.97. The average molecular weight is 258 g/mol.